The van der Waals surface area contributed by atoms with Crippen LogP contribution in [0, 0.1) is 41.5 Å². The first-order chi connectivity index (χ1) is 37.2. The fourth-order valence-electron chi connectivity index (χ4n) is 8.93. The molecule has 76 heavy (non-hydrogen) atoms. The smallest absolute Gasteiger partial charge is 0.0105 e. The third-order valence-corrected chi connectivity index (χ3v) is 13.3. The number of hydrogen-bond donors (Lipinski definition) is 0. The molecular formula is C76H68. The summed E-state index contributed by atoms with van der Waals surface area (Å²) in [4.78, 5) is 0. The number of hydrogen-bond acceptors (Lipinski definition) is 0. The van der Waals surface area contributed by atoms with Crippen LogP contribution < -0.4 is 0 Å². The van der Waals surface area contributed by atoms with Gasteiger partial charge in [-0.15, -0.1) is 0 Å². The maximum Gasteiger partial charge on any atom is -0.0105 e. The molecule has 0 aliphatic heterocycles. The third kappa shape index (κ3) is 15.5. The predicted octanol–water partition coefficient (Wildman–Crippen LogP) is 21.6. The Hall–Kier alpha value is -9.10. The normalized spacial score (nSPS) is 10.2. The molecule has 13 aromatic carbocycles. The van der Waals surface area contributed by atoms with E-state index in [2.05, 4.69) is 321 Å². The van der Waals surface area contributed by atoms with Gasteiger partial charge in [0.2, 0.25) is 0 Å². The topological polar surface area (TPSA) is 0 Å². The zero-order chi connectivity index (χ0) is 52.9. The molecule has 0 saturated heterocycles. The maximum absolute atomic E-state index is 2.25. The highest BCUT2D eigenvalue weighted by Gasteiger charge is 2.03. The summed E-state index contributed by atoms with van der Waals surface area (Å²) in [6, 6.07) is 107. The van der Waals surface area contributed by atoms with E-state index in [1.54, 1.807) is 0 Å². The minimum Gasteiger partial charge on any atom is -0.0622 e. The lowest BCUT2D eigenvalue weighted by molar-refractivity contribution is 1.47. The van der Waals surface area contributed by atoms with Gasteiger partial charge in [-0.3, -0.25) is 0 Å². The van der Waals surface area contributed by atoms with Gasteiger partial charge in [-0.25, -0.2) is 0 Å². The van der Waals surface area contributed by atoms with Gasteiger partial charge in [0.15, 0.2) is 0 Å². The minimum atomic E-state index is 1.28. The Morgan fingerprint density at radius 2 is 0.513 bits per heavy atom. The van der Waals surface area contributed by atoms with E-state index in [-0.39, 0.29) is 0 Å². The molecule has 0 radical (unpaired) electrons. The molecule has 13 aromatic rings. The molecular weight excluding hydrogens is 913 g/mol. The summed E-state index contributed by atoms with van der Waals surface area (Å²) in [5.74, 6) is 0. The fraction of sp³-hybridized carbons (Fsp3) is 0.0789. The van der Waals surface area contributed by atoms with Crippen molar-refractivity contribution in [1.82, 2.24) is 0 Å². The summed E-state index contributed by atoms with van der Waals surface area (Å²) in [6.45, 7) is 12.7. The Labute approximate surface area is 452 Å². The highest BCUT2D eigenvalue weighted by Crippen LogP contribution is 2.29. The number of benzene rings is 13. The van der Waals surface area contributed by atoms with E-state index >= 15 is 0 Å². The van der Waals surface area contributed by atoms with Crippen molar-refractivity contribution in [2.24, 2.45) is 0 Å². The molecule has 372 valence electrons. The van der Waals surface area contributed by atoms with Crippen LogP contribution in [0.3, 0.4) is 0 Å². The van der Waals surface area contributed by atoms with Crippen LogP contribution in [-0.2, 0) is 0 Å². The van der Waals surface area contributed by atoms with E-state index in [1.807, 2.05) is 24.3 Å². The number of aryl methyl sites for hydroxylation is 6. The highest BCUT2D eigenvalue weighted by atomic mass is 14.1. The van der Waals surface area contributed by atoms with Crippen molar-refractivity contribution < 1.29 is 0 Å². The molecule has 0 N–H and O–H groups in total. The van der Waals surface area contributed by atoms with Crippen LogP contribution in [0.2, 0.25) is 0 Å². The first-order valence-corrected chi connectivity index (χ1v) is 26.3. The maximum atomic E-state index is 2.25. The van der Waals surface area contributed by atoms with E-state index in [0.29, 0.717) is 0 Å². The van der Waals surface area contributed by atoms with Crippen LogP contribution in [-0.4, -0.2) is 0 Å². The SMILES string of the molecule is Cc1ccc(-c2ccc3ccccc3c2)cc1.Cc1ccc(-c2cccc3ccccc23)cc1.Cc1ccc(-c2ccccc2)cc1.Cc1ccc2ccccc2c1.Cc1cccc2ccccc12.Cc1ccccc1. The summed E-state index contributed by atoms with van der Waals surface area (Å²) >= 11 is 0. The summed E-state index contributed by atoms with van der Waals surface area (Å²) < 4.78 is 0. The second kappa shape index (κ2) is 27.3. The van der Waals surface area contributed by atoms with E-state index in [9.17, 15) is 0 Å². The largest absolute Gasteiger partial charge is 0.0622 e. The molecule has 0 fully saturated rings. The van der Waals surface area contributed by atoms with Crippen molar-refractivity contribution in [1.29, 1.82) is 0 Å². The Kier molecular flexibility index (Phi) is 19.1. The van der Waals surface area contributed by atoms with Gasteiger partial charge < -0.3 is 0 Å². The molecule has 0 heteroatoms. The molecule has 13 rings (SSSR count). The van der Waals surface area contributed by atoms with E-state index in [4.69, 9.17) is 0 Å². The van der Waals surface area contributed by atoms with Crippen LogP contribution in [0.25, 0.3) is 76.5 Å². The van der Waals surface area contributed by atoms with Crippen molar-refractivity contribution in [3.05, 3.63) is 337 Å². The zero-order valence-corrected chi connectivity index (χ0v) is 44.9. The Morgan fingerprint density at radius 1 is 0.171 bits per heavy atom. The molecule has 0 amide bonds. The molecule has 0 aliphatic carbocycles. The highest BCUT2D eigenvalue weighted by molar-refractivity contribution is 5.96. The first-order valence-electron chi connectivity index (χ1n) is 26.3. The van der Waals surface area contributed by atoms with Gasteiger partial charge in [-0.05, 0) is 130 Å². The van der Waals surface area contributed by atoms with E-state index < -0.39 is 0 Å². The molecule has 0 nitrogen and oxygen atoms in total. The lowest BCUT2D eigenvalue weighted by Gasteiger charge is -2.07. The summed E-state index contributed by atoms with van der Waals surface area (Å²) in [7, 11) is 0. The molecule has 0 bridgehead atoms. The summed E-state index contributed by atoms with van der Waals surface area (Å²) in [6.07, 6.45) is 0. The molecule has 0 aliphatic rings. The monoisotopic (exact) mass is 981 g/mol. The first kappa shape index (κ1) is 53.2. The average Bonchev–Trinajstić information content (AvgIpc) is 3.47. The number of fused-ring (bicyclic) bond motifs is 4. The van der Waals surface area contributed by atoms with Gasteiger partial charge in [0.25, 0.3) is 0 Å². The van der Waals surface area contributed by atoms with Crippen molar-refractivity contribution in [3.63, 3.8) is 0 Å². The lowest BCUT2D eigenvalue weighted by Crippen LogP contribution is -1.81. The Morgan fingerprint density at radius 3 is 1.04 bits per heavy atom. The summed E-state index contributed by atoms with van der Waals surface area (Å²) in [5.41, 5.74) is 15.6. The average molecular weight is 981 g/mol. The molecule has 0 saturated carbocycles. The van der Waals surface area contributed by atoms with Crippen LogP contribution in [0.1, 0.15) is 33.4 Å². The van der Waals surface area contributed by atoms with Crippen molar-refractivity contribution in [2.75, 3.05) is 0 Å². The van der Waals surface area contributed by atoms with Gasteiger partial charge >= 0.3 is 0 Å². The van der Waals surface area contributed by atoms with Gasteiger partial charge in [-0.2, -0.15) is 0 Å². The fourth-order valence-corrected chi connectivity index (χ4v) is 8.93. The predicted molar refractivity (Wildman–Crippen MR) is 333 cm³/mol. The van der Waals surface area contributed by atoms with Crippen LogP contribution in [0.5, 0.6) is 0 Å². The van der Waals surface area contributed by atoms with Crippen molar-refractivity contribution in [3.8, 4) is 33.4 Å². The molecule has 0 unspecified atom stereocenters. The van der Waals surface area contributed by atoms with Gasteiger partial charge in [-0.1, -0.05) is 325 Å². The van der Waals surface area contributed by atoms with E-state index in [1.165, 1.54) is 110 Å². The molecule has 0 spiro atoms. The van der Waals surface area contributed by atoms with Gasteiger partial charge in [0.1, 0.15) is 0 Å². The van der Waals surface area contributed by atoms with Crippen LogP contribution >= 0.6 is 0 Å². The molecule has 0 heterocycles. The molecule has 0 aromatic heterocycles. The zero-order valence-electron chi connectivity index (χ0n) is 44.9. The quantitative estimate of drug-likeness (QED) is 0.165. The Bertz CT molecular complexity index is 3810. The van der Waals surface area contributed by atoms with Gasteiger partial charge in [0.05, 0.1) is 0 Å². The molecule has 0 atom stereocenters. The second-order valence-electron chi connectivity index (χ2n) is 19.4. The summed E-state index contributed by atoms with van der Waals surface area (Å²) in [5, 5.41) is 10.5. The minimum absolute atomic E-state index is 1.28. The van der Waals surface area contributed by atoms with E-state index in [0.717, 1.165) is 0 Å². The van der Waals surface area contributed by atoms with Crippen LogP contribution in [0.15, 0.2) is 303 Å². The van der Waals surface area contributed by atoms with Crippen molar-refractivity contribution >= 4 is 43.1 Å². The standard InChI is InChI=1S/2C17H14.C13H12.2C11H10.C7H8/c1-13-9-11-15(12-10-13)17-8-4-6-14-5-2-3-7-16(14)17;1-13-6-8-15(9-7-13)17-11-10-14-4-2-3-5-16(14)12-17;1-11-7-9-13(10-8-11)12-5-3-2-4-6-12;1-9-5-4-7-10-6-2-3-8-11(9)10;1-9-6-7-10-4-2-3-5-11(10)8-9;1-7-5-3-2-4-6-7/h2*2-12H,1H3;2-10H,1H3;2*2-8H,1H3;2-6H,1H3. The Balaban J connectivity index is 0.000000123. The van der Waals surface area contributed by atoms with Crippen LogP contribution in [0.4, 0.5) is 0 Å². The second-order valence-corrected chi connectivity index (χ2v) is 19.4. The lowest BCUT2D eigenvalue weighted by atomic mass is 9.98. The van der Waals surface area contributed by atoms with Gasteiger partial charge in [0, 0.05) is 0 Å². The van der Waals surface area contributed by atoms with Crippen molar-refractivity contribution in [2.45, 2.75) is 41.5 Å². The third-order valence-electron chi connectivity index (χ3n) is 13.3. The number of rotatable bonds is 3.